The van der Waals surface area contributed by atoms with Gasteiger partial charge < -0.3 is 4.74 Å². The van der Waals surface area contributed by atoms with Gasteiger partial charge in [0.25, 0.3) is 0 Å². The first kappa shape index (κ1) is 11.1. The molecule has 0 N–H and O–H groups in total. The highest BCUT2D eigenvalue weighted by atomic mass is 16.5. The Bertz CT molecular complexity index is 299. The van der Waals surface area contributed by atoms with E-state index in [2.05, 4.69) is 33.3 Å². The normalized spacial score (nSPS) is 11.9. The van der Waals surface area contributed by atoms with Crippen molar-refractivity contribution in [3.05, 3.63) is 24.3 Å². The molecule has 2 heteroatoms. The van der Waals surface area contributed by atoms with Crippen LogP contribution in [0.2, 0.25) is 0 Å². The number of nitrogens with zero attached hydrogens (tertiary/aromatic N) is 1. The van der Waals surface area contributed by atoms with Crippen LogP contribution >= 0.6 is 0 Å². The first-order valence-corrected chi connectivity index (χ1v) is 4.98. The van der Waals surface area contributed by atoms with Crippen molar-refractivity contribution in [3.8, 4) is 5.75 Å². The first-order valence-electron chi connectivity index (χ1n) is 4.98. The lowest BCUT2D eigenvalue weighted by Crippen LogP contribution is -2.34. The van der Waals surface area contributed by atoms with Crippen LogP contribution in [0.4, 0.5) is 5.69 Å². The van der Waals surface area contributed by atoms with Gasteiger partial charge in [0.05, 0.1) is 27.2 Å². The summed E-state index contributed by atoms with van der Waals surface area (Å²) in [5, 5.41) is 0. The van der Waals surface area contributed by atoms with Crippen LogP contribution in [0.15, 0.2) is 24.3 Å². The molecule has 0 spiro atoms. The quantitative estimate of drug-likeness (QED) is 0.672. The van der Waals surface area contributed by atoms with Crippen LogP contribution in [0.3, 0.4) is 0 Å². The maximum Gasteiger partial charge on any atom is 0.135 e. The minimum Gasteiger partial charge on any atom is -0.491 e. The number of benzene rings is 1. The fourth-order valence-electron chi connectivity index (χ4n) is 1.25. The lowest BCUT2D eigenvalue weighted by Gasteiger charge is -2.24. The third-order valence-electron chi connectivity index (χ3n) is 1.96. The van der Waals surface area contributed by atoms with E-state index in [4.69, 9.17) is 4.74 Å². The first-order chi connectivity index (χ1) is 6.39. The Kier molecular flexibility index (Phi) is 3.17. The highest BCUT2D eigenvalue weighted by Gasteiger charge is 2.12. The van der Waals surface area contributed by atoms with Crippen molar-refractivity contribution in [2.45, 2.75) is 20.0 Å². The smallest absolute Gasteiger partial charge is 0.135 e. The minimum absolute atomic E-state index is 0.234. The van der Waals surface area contributed by atoms with Gasteiger partial charge in [0.15, 0.2) is 0 Å². The third kappa shape index (κ3) is 3.04. The molecule has 0 heterocycles. The van der Waals surface area contributed by atoms with E-state index >= 15 is 0 Å². The summed E-state index contributed by atoms with van der Waals surface area (Å²) < 4.78 is 6.45. The van der Waals surface area contributed by atoms with Crippen LogP contribution in [0.1, 0.15) is 13.8 Å². The van der Waals surface area contributed by atoms with Gasteiger partial charge in [-0.2, -0.15) is 0 Å². The summed E-state index contributed by atoms with van der Waals surface area (Å²) >= 11 is 0. The standard InChI is InChI=1S/C12H20NO/c1-10(2)14-12-8-6-7-11(9-12)13(3,4)5/h6-10H,1-5H3/q+1. The lowest BCUT2D eigenvalue weighted by molar-refractivity contribution is 0.242. The van der Waals surface area contributed by atoms with Gasteiger partial charge in [0.1, 0.15) is 11.4 Å². The molecule has 14 heavy (non-hydrogen) atoms. The predicted molar refractivity (Wildman–Crippen MR) is 61.8 cm³/mol. The summed E-state index contributed by atoms with van der Waals surface area (Å²) in [5.74, 6) is 0.950. The molecular formula is C12H20NO+. The fraction of sp³-hybridized carbons (Fsp3) is 0.500. The highest BCUT2D eigenvalue weighted by Crippen LogP contribution is 2.23. The zero-order valence-electron chi connectivity index (χ0n) is 9.74. The van der Waals surface area contributed by atoms with Gasteiger partial charge in [0, 0.05) is 6.07 Å². The largest absolute Gasteiger partial charge is 0.491 e. The second kappa shape index (κ2) is 4.01. The Morgan fingerprint density at radius 1 is 1.14 bits per heavy atom. The monoisotopic (exact) mass is 194 g/mol. The summed E-state index contributed by atoms with van der Waals surface area (Å²) in [5.41, 5.74) is 1.25. The van der Waals surface area contributed by atoms with E-state index in [1.165, 1.54) is 5.69 Å². The molecular weight excluding hydrogens is 174 g/mol. The summed E-state index contributed by atoms with van der Waals surface area (Å²) in [6.07, 6.45) is 0.234. The van der Waals surface area contributed by atoms with Crippen molar-refractivity contribution in [3.63, 3.8) is 0 Å². The molecule has 1 rings (SSSR count). The average molecular weight is 194 g/mol. The molecule has 0 aliphatic carbocycles. The van der Waals surface area contributed by atoms with Gasteiger partial charge in [-0.3, -0.25) is 4.48 Å². The van der Waals surface area contributed by atoms with Crippen molar-refractivity contribution >= 4 is 5.69 Å². The maximum atomic E-state index is 5.64. The van der Waals surface area contributed by atoms with E-state index in [1.807, 2.05) is 26.0 Å². The van der Waals surface area contributed by atoms with E-state index < -0.39 is 0 Å². The van der Waals surface area contributed by atoms with Gasteiger partial charge >= 0.3 is 0 Å². The van der Waals surface area contributed by atoms with Crippen LogP contribution < -0.4 is 9.22 Å². The van der Waals surface area contributed by atoms with Crippen LogP contribution in [-0.2, 0) is 0 Å². The molecule has 0 aliphatic heterocycles. The Morgan fingerprint density at radius 2 is 1.79 bits per heavy atom. The van der Waals surface area contributed by atoms with Crippen molar-refractivity contribution in [2.24, 2.45) is 0 Å². The summed E-state index contributed by atoms with van der Waals surface area (Å²) in [6, 6.07) is 8.25. The number of hydrogen-bond donors (Lipinski definition) is 0. The zero-order valence-corrected chi connectivity index (χ0v) is 9.74. The van der Waals surface area contributed by atoms with Crippen molar-refractivity contribution < 1.29 is 4.74 Å². The van der Waals surface area contributed by atoms with Gasteiger partial charge in [-0.1, -0.05) is 6.07 Å². The summed E-state index contributed by atoms with van der Waals surface area (Å²) in [6.45, 7) is 4.08. The molecule has 0 aromatic heterocycles. The van der Waals surface area contributed by atoms with E-state index in [-0.39, 0.29) is 6.10 Å². The molecule has 2 nitrogen and oxygen atoms in total. The molecule has 1 aromatic rings. The summed E-state index contributed by atoms with van der Waals surface area (Å²) in [7, 11) is 6.44. The maximum absolute atomic E-state index is 5.64. The molecule has 0 saturated carbocycles. The topological polar surface area (TPSA) is 9.23 Å². The Labute approximate surface area is 86.7 Å². The molecule has 0 unspecified atom stereocenters. The fourth-order valence-corrected chi connectivity index (χ4v) is 1.25. The molecule has 0 saturated heterocycles. The van der Waals surface area contributed by atoms with Crippen LogP contribution in [0, 0.1) is 0 Å². The third-order valence-corrected chi connectivity index (χ3v) is 1.96. The molecule has 0 aliphatic rings. The van der Waals surface area contributed by atoms with E-state index in [0.29, 0.717) is 0 Å². The predicted octanol–water partition coefficient (Wildman–Crippen LogP) is 2.67. The molecule has 0 fully saturated rings. The average Bonchev–Trinajstić information content (AvgIpc) is 2.01. The second-order valence-corrected chi connectivity index (χ2v) is 4.68. The van der Waals surface area contributed by atoms with Gasteiger partial charge in [-0.25, -0.2) is 0 Å². The lowest BCUT2D eigenvalue weighted by atomic mass is 10.2. The van der Waals surface area contributed by atoms with Crippen LogP contribution in [-0.4, -0.2) is 27.2 Å². The van der Waals surface area contributed by atoms with E-state index in [0.717, 1.165) is 10.2 Å². The number of ether oxygens (including phenoxy) is 1. The number of rotatable bonds is 3. The SMILES string of the molecule is CC(C)Oc1cccc([N+](C)(C)C)c1. The Hall–Kier alpha value is -1.02. The second-order valence-electron chi connectivity index (χ2n) is 4.68. The summed E-state index contributed by atoms with van der Waals surface area (Å²) in [4.78, 5) is 0. The van der Waals surface area contributed by atoms with Crippen LogP contribution in [0.25, 0.3) is 0 Å². The van der Waals surface area contributed by atoms with E-state index in [1.54, 1.807) is 0 Å². The Balaban J connectivity index is 2.90. The molecule has 0 atom stereocenters. The molecule has 0 radical (unpaired) electrons. The molecule has 1 aromatic carbocycles. The zero-order chi connectivity index (χ0) is 10.8. The van der Waals surface area contributed by atoms with Crippen molar-refractivity contribution in [1.29, 1.82) is 0 Å². The van der Waals surface area contributed by atoms with Crippen molar-refractivity contribution in [1.82, 2.24) is 4.48 Å². The molecule has 0 bridgehead atoms. The molecule has 78 valence electrons. The number of quaternary nitrogens is 1. The number of hydrogen-bond acceptors (Lipinski definition) is 1. The van der Waals surface area contributed by atoms with E-state index in [9.17, 15) is 0 Å². The van der Waals surface area contributed by atoms with Gasteiger partial charge in [-0.05, 0) is 26.0 Å². The molecule has 0 amide bonds. The van der Waals surface area contributed by atoms with Crippen molar-refractivity contribution in [2.75, 3.05) is 21.1 Å². The van der Waals surface area contributed by atoms with Gasteiger partial charge in [-0.15, -0.1) is 0 Å². The minimum atomic E-state index is 0.234. The Morgan fingerprint density at radius 3 is 2.29 bits per heavy atom. The van der Waals surface area contributed by atoms with Gasteiger partial charge in [0.2, 0.25) is 0 Å². The van der Waals surface area contributed by atoms with Crippen LogP contribution in [0.5, 0.6) is 5.75 Å². The highest BCUT2D eigenvalue weighted by molar-refractivity contribution is 5.46.